The molecule has 2 N–H and O–H groups in total. The first-order valence-electron chi connectivity index (χ1n) is 7.10. The lowest BCUT2D eigenvalue weighted by molar-refractivity contribution is 0.0534. The number of aryl methyl sites for hydroxylation is 1. The molecular weight excluding hydrogens is 284 g/mol. The quantitative estimate of drug-likeness (QED) is 0.851. The van der Waals surface area contributed by atoms with Gasteiger partial charge in [0.25, 0.3) is 5.91 Å². The minimum atomic E-state index is -0.314. The molecule has 0 radical (unpaired) electrons. The Hall–Kier alpha value is -1.53. The van der Waals surface area contributed by atoms with Gasteiger partial charge >= 0.3 is 0 Å². The molecule has 0 bridgehead atoms. The molecule has 0 saturated carbocycles. The first kappa shape index (κ1) is 15.9. The largest absolute Gasteiger partial charge is 0.392 e. The van der Waals surface area contributed by atoms with Crippen LogP contribution in [0.5, 0.6) is 0 Å². The predicted molar refractivity (Wildman–Crippen MR) is 87.3 cm³/mol. The highest BCUT2D eigenvalue weighted by atomic mass is 32.1. The zero-order chi connectivity index (χ0) is 15.6. The van der Waals surface area contributed by atoms with Crippen molar-refractivity contribution in [3.63, 3.8) is 0 Å². The molecule has 1 saturated heterocycles. The van der Waals surface area contributed by atoms with Crippen LogP contribution in [0.4, 0.5) is 0 Å². The van der Waals surface area contributed by atoms with Gasteiger partial charge in [-0.05, 0) is 32.4 Å². The Kier molecular flexibility index (Phi) is 4.58. The molecule has 2 rings (SSSR count). The van der Waals surface area contributed by atoms with Gasteiger partial charge in [0, 0.05) is 32.4 Å². The first-order valence-corrected chi connectivity index (χ1v) is 7.50. The third-order valence-electron chi connectivity index (χ3n) is 4.17. The van der Waals surface area contributed by atoms with Crippen LogP contribution in [0.15, 0.2) is 18.3 Å². The maximum absolute atomic E-state index is 12.5. The maximum atomic E-state index is 12.5. The fourth-order valence-corrected chi connectivity index (χ4v) is 2.61. The van der Waals surface area contributed by atoms with Crippen molar-refractivity contribution < 1.29 is 4.79 Å². The fraction of sp³-hybridized carbons (Fsp3) is 0.533. The van der Waals surface area contributed by atoms with Gasteiger partial charge < -0.3 is 10.6 Å². The minimum Gasteiger partial charge on any atom is -0.392 e. The Morgan fingerprint density at radius 3 is 2.48 bits per heavy atom. The highest BCUT2D eigenvalue weighted by molar-refractivity contribution is 7.80. The number of carbonyl (C=O) groups is 1. The van der Waals surface area contributed by atoms with E-state index in [0.717, 1.165) is 18.7 Å². The van der Waals surface area contributed by atoms with Gasteiger partial charge in [-0.3, -0.25) is 14.7 Å². The zero-order valence-corrected chi connectivity index (χ0v) is 13.6. The molecule has 21 heavy (non-hydrogen) atoms. The van der Waals surface area contributed by atoms with Crippen molar-refractivity contribution in [2.45, 2.75) is 26.3 Å². The third-order valence-corrected chi connectivity index (χ3v) is 4.67. The SMILES string of the molecule is Cc1cccnc1C(=O)N1CCN(C(C)(C)C(N)=S)CC1. The Balaban J connectivity index is 2.03. The van der Waals surface area contributed by atoms with Crippen molar-refractivity contribution in [2.75, 3.05) is 26.2 Å². The van der Waals surface area contributed by atoms with Crippen LogP contribution in [0.25, 0.3) is 0 Å². The van der Waals surface area contributed by atoms with Gasteiger partial charge in [-0.1, -0.05) is 18.3 Å². The molecule has 0 aliphatic carbocycles. The van der Waals surface area contributed by atoms with E-state index in [0.29, 0.717) is 23.8 Å². The van der Waals surface area contributed by atoms with Crippen molar-refractivity contribution >= 4 is 23.1 Å². The highest BCUT2D eigenvalue weighted by Crippen LogP contribution is 2.18. The predicted octanol–water partition coefficient (Wildman–Crippen LogP) is 1.21. The monoisotopic (exact) mass is 306 g/mol. The molecule has 0 spiro atoms. The molecule has 2 heterocycles. The number of rotatable bonds is 3. The van der Waals surface area contributed by atoms with Crippen LogP contribution < -0.4 is 5.73 Å². The van der Waals surface area contributed by atoms with Gasteiger partial charge in [0.2, 0.25) is 0 Å². The number of amides is 1. The summed E-state index contributed by atoms with van der Waals surface area (Å²) in [6, 6.07) is 3.75. The second-order valence-corrected chi connectivity index (χ2v) is 6.31. The number of piperazine rings is 1. The minimum absolute atomic E-state index is 0.000816. The second-order valence-electron chi connectivity index (χ2n) is 5.87. The zero-order valence-electron chi connectivity index (χ0n) is 12.8. The number of thiocarbonyl (C=S) groups is 1. The summed E-state index contributed by atoms with van der Waals surface area (Å²) in [6.07, 6.45) is 1.66. The van der Waals surface area contributed by atoms with Crippen LogP contribution in [0.2, 0.25) is 0 Å². The van der Waals surface area contributed by atoms with E-state index in [1.165, 1.54) is 0 Å². The summed E-state index contributed by atoms with van der Waals surface area (Å²) in [6.45, 7) is 8.82. The number of hydrogen-bond donors (Lipinski definition) is 1. The van der Waals surface area contributed by atoms with Gasteiger partial charge in [-0.2, -0.15) is 0 Å². The number of hydrogen-bond acceptors (Lipinski definition) is 4. The van der Waals surface area contributed by atoms with Gasteiger partial charge in [-0.25, -0.2) is 0 Å². The topological polar surface area (TPSA) is 62.5 Å². The summed E-state index contributed by atoms with van der Waals surface area (Å²) in [5, 5.41) is 0. The smallest absolute Gasteiger partial charge is 0.272 e. The molecule has 1 aliphatic rings. The number of aromatic nitrogens is 1. The van der Waals surface area contributed by atoms with E-state index >= 15 is 0 Å². The van der Waals surface area contributed by atoms with Gasteiger partial charge in [0.15, 0.2) is 0 Å². The van der Waals surface area contributed by atoms with Crippen molar-refractivity contribution in [1.82, 2.24) is 14.8 Å². The Labute approximate surface area is 131 Å². The van der Waals surface area contributed by atoms with Gasteiger partial charge in [-0.15, -0.1) is 0 Å². The molecule has 1 fully saturated rings. The molecule has 0 aromatic carbocycles. The lowest BCUT2D eigenvalue weighted by Gasteiger charge is -2.43. The lowest BCUT2D eigenvalue weighted by atomic mass is 10.0. The van der Waals surface area contributed by atoms with Gasteiger partial charge in [0.05, 0.1) is 10.5 Å². The van der Waals surface area contributed by atoms with Crippen LogP contribution in [0, 0.1) is 6.92 Å². The van der Waals surface area contributed by atoms with Gasteiger partial charge in [0.1, 0.15) is 5.69 Å². The third kappa shape index (κ3) is 3.22. The van der Waals surface area contributed by atoms with E-state index < -0.39 is 0 Å². The summed E-state index contributed by atoms with van der Waals surface area (Å²) >= 11 is 5.13. The normalized spacial score (nSPS) is 16.8. The van der Waals surface area contributed by atoms with E-state index in [1.807, 2.05) is 37.8 Å². The maximum Gasteiger partial charge on any atom is 0.272 e. The number of nitrogens with two attached hydrogens (primary N) is 1. The Morgan fingerprint density at radius 2 is 1.95 bits per heavy atom. The first-order chi connectivity index (χ1) is 9.84. The van der Waals surface area contributed by atoms with E-state index in [-0.39, 0.29) is 11.4 Å². The molecule has 0 atom stereocenters. The fourth-order valence-electron chi connectivity index (χ4n) is 2.48. The lowest BCUT2D eigenvalue weighted by Crippen LogP contribution is -2.59. The molecule has 5 nitrogen and oxygen atoms in total. The summed E-state index contributed by atoms with van der Waals surface area (Å²) in [7, 11) is 0. The number of nitrogens with zero attached hydrogens (tertiary/aromatic N) is 3. The standard InChI is InChI=1S/C15H22N4OS/c1-11-5-4-6-17-12(11)13(20)18-7-9-19(10-8-18)15(2,3)14(16)21/h4-6H,7-10H2,1-3H3,(H2,16,21). The van der Waals surface area contributed by atoms with E-state index in [9.17, 15) is 4.79 Å². The molecular formula is C15H22N4OS. The van der Waals surface area contributed by atoms with Crippen LogP contribution in [0.1, 0.15) is 29.9 Å². The number of carbonyl (C=O) groups excluding carboxylic acids is 1. The van der Waals surface area contributed by atoms with Crippen LogP contribution in [0.3, 0.4) is 0 Å². The van der Waals surface area contributed by atoms with Crippen LogP contribution in [-0.4, -0.2) is 57.4 Å². The van der Waals surface area contributed by atoms with E-state index in [1.54, 1.807) is 6.20 Å². The number of pyridine rings is 1. The van der Waals surface area contributed by atoms with E-state index in [2.05, 4.69) is 9.88 Å². The highest BCUT2D eigenvalue weighted by Gasteiger charge is 2.33. The summed E-state index contributed by atoms with van der Waals surface area (Å²) in [4.78, 5) is 21.3. The average molecular weight is 306 g/mol. The van der Waals surface area contributed by atoms with Crippen molar-refractivity contribution in [3.8, 4) is 0 Å². The second kappa shape index (κ2) is 6.07. The van der Waals surface area contributed by atoms with Crippen molar-refractivity contribution in [1.29, 1.82) is 0 Å². The Morgan fingerprint density at radius 1 is 1.33 bits per heavy atom. The molecule has 114 valence electrons. The summed E-state index contributed by atoms with van der Waals surface area (Å²) < 4.78 is 0. The van der Waals surface area contributed by atoms with Crippen molar-refractivity contribution in [2.24, 2.45) is 5.73 Å². The van der Waals surface area contributed by atoms with E-state index in [4.69, 9.17) is 18.0 Å². The average Bonchev–Trinajstić information content (AvgIpc) is 2.47. The molecule has 6 heteroatoms. The summed E-state index contributed by atoms with van der Waals surface area (Å²) in [5.41, 5.74) is 6.94. The molecule has 1 aromatic rings. The Bertz CT molecular complexity index is 550. The molecule has 1 aliphatic heterocycles. The molecule has 1 aromatic heterocycles. The van der Waals surface area contributed by atoms with Crippen LogP contribution >= 0.6 is 12.2 Å². The van der Waals surface area contributed by atoms with Crippen molar-refractivity contribution in [3.05, 3.63) is 29.6 Å². The molecule has 0 unspecified atom stereocenters. The van der Waals surface area contributed by atoms with Crippen LogP contribution in [-0.2, 0) is 0 Å². The summed E-state index contributed by atoms with van der Waals surface area (Å²) in [5.74, 6) is 0.000816. The molecule has 1 amide bonds.